The predicted molar refractivity (Wildman–Crippen MR) is 94.1 cm³/mol. The maximum absolute atomic E-state index is 14.1. The Hall–Kier alpha value is -1.39. The van der Waals surface area contributed by atoms with Crippen LogP contribution >= 0.6 is 24.8 Å². The average Bonchev–Trinajstić information content (AvgIpc) is 2.44. The van der Waals surface area contributed by atoms with Crippen molar-refractivity contribution in [1.29, 1.82) is 0 Å². The van der Waals surface area contributed by atoms with Crippen LogP contribution in [0.15, 0.2) is 47.4 Å². The van der Waals surface area contributed by atoms with Crippen molar-refractivity contribution < 1.29 is 4.39 Å². The summed E-state index contributed by atoms with van der Waals surface area (Å²) in [4.78, 5) is 1.54. The van der Waals surface area contributed by atoms with Crippen LogP contribution < -0.4 is 5.32 Å². The lowest BCUT2D eigenvalue weighted by Gasteiger charge is -2.21. The molecule has 1 N–H and O–H groups in total. The van der Waals surface area contributed by atoms with Crippen LogP contribution in [0.4, 0.5) is 10.1 Å². The number of hydrogen-bond donors (Lipinski definition) is 2. The van der Waals surface area contributed by atoms with E-state index in [1.807, 2.05) is 37.3 Å². The summed E-state index contributed by atoms with van der Waals surface area (Å²) in [6, 6.07) is 12.7. The summed E-state index contributed by atoms with van der Waals surface area (Å²) in [5.74, 6) is -0.214. The molecular formula is C17H18FNS2. The summed E-state index contributed by atoms with van der Waals surface area (Å²) in [5.41, 5.74) is 2.62. The molecule has 1 atom stereocenters. The topological polar surface area (TPSA) is 12.0 Å². The molecule has 0 amide bonds. The van der Waals surface area contributed by atoms with Crippen molar-refractivity contribution in [3.8, 4) is 0 Å². The molecule has 0 aliphatic heterocycles. The summed E-state index contributed by atoms with van der Waals surface area (Å²) in [5, 5.41) is 3.18. The Morgan fingerprint density at radius 3 is 2.57 bits per heavy atom. The first kappa shape index (κ1) is 16.0. The molecule has 0 radical (unpaired) electrons. The largest absolute Gasteiger partial charge is 0.350 e. The van der Waals surface area contributed by atoms with Gasteiger partial charge in [0.1, 0.15) is 5.82 Å². The lowest BCUT2D eigenvalue weighted by atomic mass is 9.87. The van der Waals surface area contributed by atoms with Gasteiger partial charge < -0.3 is 5.32 Å². The normalized spacial score (nSPS) is 12.0. The van der Waals surface area contributed by atoms with Crippen molar-refractivity contribution in [3.63, 3.8) is 0 Å². The first-order valence-corrected chi connectivity index (χ1v) is 7.73. The monoisotopic (exact) mass is 319 g/mol. The molecule has 0 aliphatic carbocycles. The minimum atomic E-state index is -0.182. The van der Waals surface area contributed by atoms with Gasteiger partial charge >= 0.3 is 0 Å². The highest BCUT2D eigenvalue weighted by Crippen LogP contribution is 2.35. The molecule has 0 bridgehead atoms. The third-order valence-electron chi connectivity index (χ3n) is 3.41. The number of rotatable bonds is 4. The van der Waals surface area contributed by atoms with Crippen molar-refractivity contribution in [2.24, 2.45) is 0 Å². The highest BCUT2D eigenvalue weighted by atomic mass is 32.1. The highest BCUT2D eigenvalue weighted by Gasteiger charge is 2.19. The van der Waals surface area contributed by atoms with E-state index in [1.54, 1.807) is 6.07 Å². The molecule has 0 aliphatic rings. The zero-order valence-corrected chi connectivity index (χ0v) is 13.8. The second-order valence-corrected chi connectivity index (χ2v) is 6.06. The molecule has 21 heavy (non-hydrogen) atoms. The second-order valence-electron chi connectivity index (χ2n) is 4.94. The van der Waals surface area contributed by atoms with E-state index in [0.717, 1.165) is 22.6 Å². The van der Waals surface area contributed by atoms with Crippen molar-refractivity contribution >= 4 is 35.5 Å². The Balaban J connectivity index is 2.54. The Morgan fingerprint density at radius 1 is 1.24 bits per heavy atom. The fraction of sp³-hybridized carbons (Fsp3) is 0.235. The van der Waals surface area contributed by atoms with Crippen LogP contribution in [-0.4, -0.2) is 4.99 Å². The van der Waals surface area contributed by atoms with Gasteiger partial charge in [0.2, 0.25) is 0 Å². The van der Waals surface area contributed by atoms with Crippen LogP contribution in [0.5, 0.6) is 0 Å². The molecule has 0 saturated carbocycles. The summed E-state index contributed by atoms with van der Waals surface area (Å²) in [6.07, 6.45) is 0.795. The first-order chi connectivity index (χ1) is 10.0. The Labute approximate surface area is 136 Å². The van der Waals surface area contributed by atoms with E-state index in [-0.39, 0.29) is 11.7 Å². The van der Waals surface area contributed by atoms with Crippen LogP contribution in [-0.2, 0) is 0 Å². The van der Waals surface area contributed by atoms with Gasteiger partial charge in [0.15, 0.2) is 0 Å². The SMILES string of the molecule is CCC(c1ccccc1F)c1cc(S)ccc1NC(C)=S. The first-order valence-electron chi connectivity index (χ1n) is 6.87. The zero-order chi connectivity index (χ0) is 15.4. The molecule has 0 aromatic heterocycles. The van der Waals surface area contributed by atoms with Crippen LogP contribution in [0.3, 0.4) is 0 Å². The Morgan fingerprint density at radius 2 is 1.95 bits per heavy atom. The molecular weight excluding hydrogens is 301 g/mol. The molecule has 0 saturated heterocycles. The van der Waals surface area contributed by atoms with Crippen molar-refractivity contribution in [3.05, 3.63) is 59.4 Å². The van der Waals surface area contributed by atoms with E-state index in [2.05, 4.69) is 24.9 Å². The standard InChI is InChI=1S/C17H18FNS2/c1-3-13(14-6-4-5-7-16(14)18)15-10-12(21)8-9-17(15)19-11(2)20/h4-10,13,21H,3H2,1-2H3,(H,19,20). The number of nitrogens with one attached hydrogen (secondary N) is 1. The predicted octanol–water partition coefficient (Wildman–Crippen LogP) is 5.42. The minimum absolute atomic E-state index is 0.0323. The van der Waals surface area contributed by atoms with Crippen molar-refractivity contribution in [1.82, 2.24) is 0 Å². The zero-order valence-electron chi connectivity index (χ0n) is 12.1. The van der Waals surface area contributed by atoms with Gasteiger partial charge in [0.25, 0.3) is 0 Å². The van der Waals surface area contributed by atoms with E-state index in [1.165, 1.54) is 6.07 Å². The number of thiol groups is 1. The summed E-state index contributed by atoms with van der Waals surface area (Å²) in [7, 11) is 0. The number of halogens is 1. The van der Waals surface area contributed by atoms with Gasteiger partial charge in [-0.2, -0.15) is 0 Å². The lowest BCUT2D eigenvalue weighted by Crippen LogP contribution is -2.10. The van der Waals surface area contributed by atoms with E-state index in [0.29, 0.717) is 10.6 Å². The van der Waals surface area contributed by atoms with Gasteiger partial charge in [-0.3, -0.25) is 0 Å². The molecule has 0 heterocycles. The maximum Gasteiger partial charge on any atom is 0.127 e. The van der Waals surface area contributed by atoms with E-state index >= 15 is 0 Å². The van der Waals surface area contributed by atoms with Crippen molar-refractivity contribution in [2.45, 2.75) is 31.1 Å². The van der Waals surface area contributed by atoms with E-state index in [4.69, 9.17) is 12.2 Å². The molecule has 0 spiro atoms. The number of anilines is 1. The van der Waals surface area contributed by atoms with Gasteiger partial charge in [-0.15, -0.1) is 12.6 Å². The fourth-order valence-electron chi connectivity index (χ4n) is 2.51. The van der Waals surface area contributed by atoms with Gasteiger partial charge in [0, 0.05) is 16.5 Å². The van der Waals surface area contributed by atoms with E-state index < -0.39 is 0 Å². The third-order valence-corrected chi connectivity index (χ3v) is 3.79. The number of benzene rings is 2. The molecule has 2 rings (SSSR count). The second kappa shape index (κ2) is 7.05. The summed E-state index contributed by atoms with van der Waals surface area (Å²) in [6.45, 7) is 3.88. The molecule has 0 fully saturated rings. The smallest absolute Gasteiger partial charge is 0.127 e. The minimum Gasteiger partial charge on any atom is -0.350 e. The third kappa shape index (κ3) is 3.83. The molecule has 2 aromatic carbocycles. The van der Waals surface area contributed by atoms with Gasteiger partial charge in [-0.1, -0.05) is 37.3 Å². The lowest BCUT2D eigenvalue weighted by molar-refractivity contribution is 0.592. The fourth-order valence-corrected chi connectivity index (χ4v) is 2.83. The molecule has 2 aromatic rings. The van der Waals surface area contributed by atoms with Crippen LogP contribution in [0.2, 0.25) is 0 Å². The van der Waals surface area contributed by atoms with Gasteiger partial charge in [-0.25, -0.2) is 4.39 Å². The number of thiocarbonyl (C=S) groups is 1. The average molecular weight is 319 g/mol. The Bertz CT molecular complexity index is 655. The Kier molecular flexibility index (Phi) is 5.37. The quantitative estimate of drug-likeness (QED) is 0.577. The summed E-state index contributed by atoms with van der Waals surface area (Å²) < 4.78 is 14.1. The molecule has 4 heteroatoms. The maximum atomic E-state index is 14.1. The molecule has 1 unspecified atom stereocenters. The summed E-state index contributed by atoms with van der Waals surface area (Å²) >= 11 is 9.54. The molecule has 1 nitrogen and oxygen atoms in total. The number of hydrogen-bond acceptors (Lipinski definition) is 2. The van der Waals surface area contributed by atoms with Crippen LogP contribution in [0, 0.1) is 5.82 Å². The highest BCUT2D eigenvalue weighted by molar-refractivity contribution is 7.80. The van der Waals surface area contributed by atoms with Gasteiger partial charge in [0.05, 0.1) is 4.99 Å². The van der Waals surface area contributed by atoms with Crippen molar-refractivity contribution in [2.75, 3.05) is 5.32 Å². The van der Waals surface area contributed by atoms with Crippen LogP contribution in [0.1, 0.15) is 37.3 Å². The van der Waals surface area contributed by atoms with Crippen LogP contribution in [0.25, 0.3) is 0 Å². The molecule has 110 valence electrons. The van der Waals surface area contributed by atoms with Gasteiger partial charge in [-0.05, 0) is 48.7 Å². The van der Waals surface area contributed by atoms with E-state index in [9.17, 15) is 4.39 Å².